The van der Waals surface area contributed by atoms with Crippen LogP contribution in [0.25, 0.3) is 0 Å². The fourth-order valence-corrected chi connectivity index (χ4v) is 2.14. The Morgan fingerprint density at radius 2 is 2.24 bits per heavy atom. The molecule has 17 heavy (non-hydrogen) atoms. The molecule has 0 radical (unpaired) electrons. The van der Waals surface area contributed by atoms with Gasteiger partial charge in [0.25, 0.3) is 0 Å². The van der Waals surface area contributed by atoms with E-state index in [0.29, 0.717) is 6.61 Å². The van der Waals surface area contributed by atoms with Crippen LogP contribution in [0, 0.1) is 0 Å². The Bertz CT molecular complexity index is 367. The van der Waals surface area contributed by atoms with Crippen molar-refractivity contribution in [1.29, 1.82) is 0 Å². The van der Waals surface area contributed by atoms with E-state index in [2.05, 4.69) is 0 Å². The highest BCUT2D eigenvalue weighted by molar-refractivity contribution is 5.32. The summed E-state index contributed by atoms with van der Waals surface area (Å²) in [5, 5.41) is 10.5. The monoisotopic (exact) mass is 236 g/mol. The van der Waals surface area contributed by atoms with Crippen molar-refractivity contribution in [3.63, 3.8) is 0 Å². The molecule has 1 saturated heterocycles. The number of ether oxygens (including phenoxy) is 2. The summed E-state index contributed by atoms with van der Waals surface area (Å²) in [5.74, 6) is 0.802. The van der Waals surface area contributed by atoms with Crippen LogP contribution in [0.2, 0.25) is 0 Å². The zero-order chi connectivity index (χ0) is 12.3. The highest BCUT2D eigenvalue weighted by Gasteiger charge is 2.32. The lowest BCUT2D eigenvalue weighted by Gasteiger charge is -2.32. The third-order valence-corrected chi connectivity index (χ3v) is 2.96. The van der Waals surface area contributed by atoms with Gasteiger partial charge in [-0.05, 0) is 44.4 Å². The molecular weight excluding hydrogens is 216 g/mol. The molecule has 1 aliphatic heterocycles. The van der Waals surface area contributed by atoms with Gasteiger partial charge in [0.2, 0.25) is 0 Å². The van der Waals surface area contributed by atoms with Crippen LogP contribution in [0.4, 0.5) is 0 Å². The highest BCUT2D eigenvalue weighted by Crippen LogP contribution is 2.32. The second-order valence-electron chi connectivity index (χ2n) is 4.88. The Morgan fingerprint density at radius 1 is 1.41 bits per heavy atom. The van der Waals surface area contributed by atoms with Crippen LogP contribution in [0.5, 0.6) is 5.75 Å². The van der Waals surface area contributed by atoms with Crippen molar-refractivity contribution in [1.82, 2.24) is 0 Å². The van der Waals surface area contributed by atoms with Crippen molar-refractivity contribution in [3.05, 3.63) is 29.8 Å². The quantitative estimate of drug-likeness (QED) is 0.876. The molecule has 1 aromatic carbocycles. The number of benzene rings is 1. The Hall–Kier alpha value is -1.06. The molecule has 1 aliphatic rings. The minimum Gasteiger partial charge on any atom is -0.491 e. The number of hydrogen-bond acceptors (Lipinski definition) is 3. The van der Waals surface area contributed by atoms with Crippen LogP contribution < -0.4 is 4.74 Å². The predicted octanol–water partition coefficient (Wildman–Crippen LogP) is 2.47. The second-order valence-corrected chi connectivity index (χ2v) is 4.88. The van der Waals surface area contributed by atoms with Crippen LogP contribution >= 0.6 is 0 Å². The van der Waals surface area contributed by atoms with Gasteiger partial charge in [-0.25, -0.2) is 0 Å². The van der Waals surface area contributed by atoms with Gasteiger partial charge in [-0.2, -0.15) is 0 Å². The van der Waals surface area contributed by atoms with Gasteiger partial charge in [-0.3, -0.25) is 0 Å². The zero-order valence-corrected chi connectivity index (χ0v) is 10.5. The molecule has 0 saturated carbocycles. The first-order valence-electron chi connectivity index (χ1n) is 6.17. The van der Waals surface area contributed by atoms with Crippen molar-refractivity contribution in [2.75, 3.05) is 13.2 Å². The average Bonchev–Trinajstić information content (AvgIpc) is 2.29. The number of hydrogen-bond donors (Lipinski definition) is 1. The van der Waals surface area contributed by atoms with E-state index in [1.807, 2.05) is 38.1 Å². The minimum atomic E-state index is -0.853. The SMILES string of the molecule is CC(C)Oc1cccc(C2(O)CCCOC2)c1. The van der Waals surface area contributed by atoms with Crippen LogP contribution in [0.1, 0.15) is 32.3 Å². The summed E-state index contributed by atoms with van der Waals surface area (Å²) in [4.78, 5) is 0. The molecule has 0 aromatic heterocycles. The molecule has 0 aliphatic carbocycles. The fourth-order valence-electron chi connectivity index (χ4n) is 2.14. The van der Waals surface area contributed by atoms with E-state index in [4.69, 9.17) is 9.47 Å². The van der Waals surface area contributed by atoms with Crippen molar-refractivity contribution < 1.29 is 14.6 Å². The number of aliphatic hydroxyl groups is 1. The molecule has 3 heteroatoms. The largest absolute Gasteiger partial charge is 0.491 e. The van der Waals surface area contributed by atoms with Gasteiger partial charge in [0.05, 0.1) is 12.7 Å². The molecule has 0 amide bonds. The summed E-state index contributed by atoms with van der Waals surface area (Å²) in [6.45, 7) is 5.10. The summed E-state index contributed by atoms with van der Waals surface area (Å²) in [6, 6.07) is 7.67. The maximum Gasteiger partial charge on any atom is 0.120 e. The molecule has 1 unspecified atom stereocenters. The lowest BCUT2D eigenvalue weighted by atomic mass is 9.88. The lowest BCUT2D eigenvalue weighted by Crippen LogP contribution is -2.35. The maximum atomic E-state index is 10.5. The van der Waals surface area contributed by atoms with Crippen molar-refractivity contribution in [2.24, 2.45) is 0 Å². The van der Waals surface area contributed by atoms with Crippen molar-refractivity contribution in [2.45, 2.75) is 38.4 Å². The van der Waals surface area contributed by atoms with E-state index in [-0.39, 0.29) is 6.10 Å². The standard InChI is InChI=1S/C14H20O3/c1-11(2)17-13-6-3-5-12(9-13)14(15)7-4-8-16-10-14/h3,5-6,9,11,15H,4,7-8,10H2,1-2H3. The molecule has 1 aromatic rings. The first-order valence-corrected chi connectivity index (χ1v) is 6.17. The molecule has 0 bridgehead atoms. The van der Waals surface area contributed by atoms with Gasteiger partial charge in [0, 0.05) is 6.61 Å². The Labute approximate surface area is 102 Å². The zero-order valence-electron chi connectivity index (χ0n) is 10.5. The number of rotatable bonds is 3. The van der Waals surface area contributed by atoms with Crippen LogP contribution in [-0.2, 0) is 10.3 Å². The summed E-state index contributed by atoms with van der Waals surface area (Å²) < 4.78 is 11.0. The smallest absolute Gasteiger partial charge is 0.120 e. The average molecular weight is 236 g/mol. The molecule has 3 nitrogen and oxygen atoms in total. The summed E-state index contributed by atoms with van der Waals surface area (Å²) >= 11 is 0. The van der Waals surface area contributed by atoms with E-state index in [1.54, 1.807) is 0 Å². The Kier molecular flexibility index (Phi) is 3.69. The molecule has 1 heterocycles. The van der Waals surface area contributed by atoms with Gasteiger partial charge < -0.3 is 14.6 Å². The van der Waals surface area contributed by atoms with Crippen molar-refractivity contribution in [3.8, 4) is 5.75 Å². The first-order chi connectivity index (χ1) is 8.10. The van der Waals surface area contributed by atoms with Crippen LogP contribution in [0.15, 0.2) is 24.3 Å². The lowest BCUT2D eigenvalue weighted by molar-refractivity contribution is -0.0903. The van der Waals surface area contributed by atoms with Gasteiger partial charge in [0.1, 0.15) is 11.4 Å². The molecule has 1 N–H and O–H groups in total. The summed E-state index contributed by atoms with van der Waals surface area (Å²) in [7, 11) is 0. The maximum absolute atomic E-state index is 10.5. The van der Waals surface area contributed by atoms with Crippen LogP contribution in [-0.4, -0.2) is 24.4 Å². The van der Waals surface area contributed by atoms with Gasteiger partial charge in [-0.15, -0.1) is 0 Å². The van der Waals surface area contributed by atoms with E-state index in [1.165, 1.54) is 0 Å². The van der Waals surface area contributed by atoms with Crippen LogP contribution in [0.3, 0.4) is 0 Å². The molecule has 94 valence electrons. The predicted molar refractivity (Wildman–Crippen MR) is 66.2 cm³/mol. The van der Waals surface area contributed by atoms with Crippen molar-refractivity contribution >= 4 is 0 Å². The molecule has 2 rings (SSSR count). The van der Waals surface area contributed by atoms with E-state index < -0.39 is 5.60 Å². The summed E-state index contributed by atoms with van der Waals surface area (Å²) in [5.41, 5.74) is 0.0320. The highest BCUT2D eigenvalue weighted by atomic mass is 16.5. The van der Waals surface area contributed by atoms with Gasteiger partial charge in [0.15, 0.2) is 0 Å². The van der Waals surface area contributed by atoms with Gasteiger partial charge >= 0.3 is 0 Å². The Morgan fingerprint density at radius 3 is 2.88 bits per heavy atom. The third kappa shape index (κ3) is 2.99. The molecule has 0 spiro atoms. The normalized spacial score (nSPS) is 24.9. The topological polar surface area (TPSA) is 38.7 Å². The summed E-state index contributed by atoms with van der Waals surface area (Å²) in [6.07, 6.45) is 1.78. The van der Waals surface area contributed by atoms with Gasteiger partial charge in [-0.1, -0.05) is 12.1 Å². The fraction of sp³-hybridized carbons (Fsp3) is 0.571. The minimum absolute atomic E-state index is 0.141. The first kappa shape index (κ1) is 12.4. The van der Waals surface area contributed by atoms with E-state index in [0.717, 1.165) is 30.8 Å². The van der Waals surface area contributed by atoms with E-state index >= 15 is 0 Å². The molecular formula is C14H20O3. The second kappa shape index (κ2) is 5.07. The Balaban J connectivity index is 2.19. The molecule has 1 fully saturated rings. The third-order valence-electron chi connectivity index (χ3n) is 2.96. The molecule has 1 atom stereocenters. The van der Waals surface area contributed by atoms with E-state index in [9.17, 15) is 5.11 Å².